The zero-order valence-corrected chi connectivity index (χ0v) is 18.5. The molecule has 1 aromatic heterocycles. The number of imidazole rings is 1. The number of hydrogen-bond acceptors (Lipinski definition) is 5. The number of ether oxygens (including phenoxy) is 1. The van der Waals surface area contributed by atoms with Gasteiger partial charge in [0.1, 0.15) is 11.6 Å². The fourth-order valence-electron chi connectivity index (χ4n) is 4.27. The SMILES string of the molecule is COc1ccccc1[C@H]1CN(CC(=O)NCCc2nc3ccccc3[nH]2)CCN1C(C)=O. The Morgan fingerprint density at radius 3 is 2.72 bits per heavy atom. The van der Waals surface area contributed by atoms with E-state index in [2.05, 4.69) is 20.2 Å². The van der Waals surface area contributed by atoms with Gasteiger partial charge in [0, 0.05) is 45.1 Å². The van der Waals surface area contributed by atoms with E-state index in [1.54, 1.807) is 14.0 Å². The lowest BCUT2D eigenvalue weighted by atomic mass is 10.0. The second kappa shape index (κ2) is 9.82. The fraction of sp³-hybridized carbons (Fsp3) is 0.375. The van der Waals surface area contributed by atoms with E-state index in [1.807, 2.05) is 53.4 Å². The van der Waals surface area contributed by atoms with Crippen LogP contribution in [0.1, 0.15) is 24.4 Å². The van der Waals surface area contributed by atoms with E-state index in [0.29, 0.717) is 32.6 Å². The van der Waals surface area contributed by atoms with Crippen molar-refractivity contribution in [3.05, 3.63) is 59.9 Å². The number of rotatable bonds is 7. The maximum Gasteiger partial charge on any atom is 0.234 e. The highest BCUT2D eigenvalue weighted by molar-refractivity contribution is 5.78. The van der Waals surface area contributed by atoms with Crippen LogP contribution in [0.2, 0.25) is 0 Å². The molecule has 1 aliphatic rings. The molecule has 8 heteroatoms. The molecule has 0 aliphatic carbocycles. The second-order valence-electron chi connectivity index (χ2n) is 8.01. The molecule has 1 atom stereocenters. The largest absolute Gasteiger partial charge is 0.496 e. The molecular formula is C24H29N5O3. The first-order valence-corrected chi connectivity index (χ1v) is 10.9. The summed E-state index contributed by atoms with van der Waals surface area (Å²) in [6.45, 7) is 4.20. The van der Waals surface area contributed by atoms with Gasteiger partial charge in [0.2, 0.25) is 11.8 Å². The van der Waals surface area contributed by atoms with Crippen molar-refractivity contribution in [1.29, 1.82) is 0 Å². The van der Waals surface area contributed by atoms with Gasteiger partial charge in [-0.3, -0.25) is 14.5 Å². The van der Waals surface area contributed by atoms with Gasteiger partial charge in [0.15, 0.2) is 0 Å². The van der Waals surface area contributed by atoms with Gasteiger partial charge in [-0.05, 0) is 18.2 Å². The number of H-pyrrole nitrogens is 1. The van der Waals surface area contributed by atoms with Crippen molar-refractivity contribution < 1.29 is 14.3 Å². The smallest absolute Gasteiger partial charge is 0.234 e. The highest BCUT2D eigenvalue weighted by Crippen LogP contribution is 2.32. The Bertz CT molecular complexity index is 1060. The lowest BCUT2D eigenvalue weighted by molar-refractivity contribution is -0.134. The quantitative estimate of drug-likeness (QED) is 0.593. The van der Waals surface area contributed by atoms with Crippen LogP contribution >= 0.6 is 0 Å². The maximum atomic E-state index is 12.6. The number of amides is 2. The van der Waals surface area contributed by atoms with Crippen LogP contribution in [0.5, 0.6) is 5.75 Å². The number of carbonyl (C=O) groups is 2. The van der Waals surface area contributed by atoms with Crippen LogP contribution in [0.3, 0.4) is 0 Å². The van der Waals surface area contributed by atoms with E-state index >= 15 is 0 Å². The number of nitrogens with one attached hydrogen (secondary N) is 2. The minimum atomic E-state index is -0.152. The number of benzene rings is 2. The van der Waals surface area contributed by atoms with Crippen molar-refractivity contribution in [2.75, 3.05) is 39.8 Å². The Morgan fingerprint density at radius 2 is 1.94 bits per heavy atom. The van der Waals surface area contributed by atoms with Crippen molar-refractivity contribution in [2.45, 2.75) is 19.4 Å². The summed E-state index contributed by atoms with van der Waals surface area (Å²) < 4.78 is 5.52. The van der Waals surface area contributed by atoms with Crippen molar-refractivity contribution in [3.63, 3.8) is 0 Å². The zero-order chi connectivity index (χ0) is 22.5. The minimum absolute atomic E-state index is 0.0239. The number of hydrogen-bond donors (Lipinski definition) is 2. The molecule has 32 heavy (non-hydrogen) atoms. The molecule has 1 aliphatic heterocycles. The van der Waals surface area contributed by atoms with Crippen LogP contribution in [-0.4, -0.2) is 71.4 Å². The maximum absolute atomic E-state index is 12.6. The molecule has 0 bridgehead atoms. The highest BCUT2D eigenvalue weighted by atomic mass is 16.5. The molecule has 0 radical (unpaired) electrons. The Kier molecular flexibility index (Phi) is 6.70. The van der Waals surface area contributed by atoms with Gasteiger partial charge in [-0.15, -0.1) is 0 Å². The molecule has 168 valence electrons. The van der Waals surface area contributed by atoms with Crippen LogP contribution in [-0.2, 0) is 16.0 Å². The summed E-state index contributed by atoms with van der Waals surface area (Å²) in [6.07, 6.45) is 0.641. The average molecular weight is 436 g/mol. The van der Waals surface area contributed by atoms with Gasteiger partial charge in [-0.25, -0.2) is 4.98 Å². The predicted molar refractivity (Wildman–Crippen MR) is 122 cm³/mol. The van der Waals surface area contributed by atoms with Crippen molar-refractivity contribution in [1.82, 2.24) is 25.1 Å². The van der Waals surface area contributed by atoms with Gasteiger partial charge in [-0.2, -0.15) is 0 Å². The summed E-state index contributed by atoms with van der Waals surface area (Å²) in [5, 5.41) is 2.99. The molecule has 8 nitrogen and oxygen atoms in total. The first-order valence-electron chi connectivity index (χ1n) is 10.9. The monoisotopic (exact) mass is 435 g/mol. The number of methoxy groups -OCH3 is 1. The number of aromatic amines is 1. The van der Waals surface area contributed by atoms with Gasteiger partial charge in [0.05, 0.1) is 30.7 Å². The van der Waals surface area contributed by atoms with Crippen molar-refractivity contribution >= 4 is 22.8 Å². The number of fused-ring (bicyclic) bond motifs is 1. The van der Waals surface area contributed by atoms with Crippen LogP contribution < -0.4 is 10.1 Å². The van der Waals surface area contributed by atoms with Crippen LogP contribution in [0.4, 0.5) is 0 Å². The van der Waals surface area contributed by atoms with Gasteiger partial charge in [0.25, 0.3) is 0 Å². The minimum Gasteiger partial charge on any atom is -0.496 e. The molecule has 2 heterocycles. The van der Waals surface area contributed by atoms with E-state index in [-0.39, 0.29) is 24.4 Å². The average Bonchev–Trinajstić information content (AvgIpc) is 3.21. The summed E-state index contributed by atoms with van der Waals surface area (Å²) in [4.78, 5) is 36.6. The van der Waals surface area contributed by atoms with Crippen LogP contribution in [0, 0.1) is 0 Å². The third-order valence-corrected chi connectivity index (χ3v) is 5.86. The van der Waals surface area contributed by atoms with Crippen molar-refractivity contribution in [2.24, 2.45) is 0 Å². The molecule has 0 unspecified atom stereocenters. The van der Waals surface area contributed by atoms with Gasteiger partial charge in [-0.1, -0.05) is 30.3 Å². The molecule has 1 saturated heterocycles. The third kappa shape index (κ3) is 4.91. The van der Waals surface area contributed by atoms with E-state index < -0.39 is 0 Å². The Balaban J connectivity index is 1.34. The topological polar surface area (TPSA) is 90.6 Å². The molecule has 1 fully saturated rings. The van der Waals surface area contributed by atoms with E-state index in [1.165, 1.54) is 0 Å². The fourth-order valence-corrected chi connectivity index (χ4v) is 4.27. The number of aromatic nitrogens is 2. The molecule has 2 amide bonds. The summed E-state index contributed by atoms with van der Waals surface area (Å²) in [5.41, 5.74) is 2.89. The summed E-state index contributed by atoms with van der Waals surface area (Å²) in [7, 11) is 1.63. The molecule has 3 aromatic rings. The highest BCUT2D eigenvalue weighted by Gasteiger charge is 2.32. The Labute approximate surface area is 187 Å². The molecule has 2 aromatic carbocycles. The van der Waals surface area contributed by atoms with E-state index in [9.17, 15) is 9.59 Å². The summed E-state index contributed by atoms with van der Waals surface area (Å²) >= 11 is 0. The number of nitrogens with zero attached hydrogens (tertiary/aromatic N) is 3. The standard InChI is InChI=1S/C24H29N5O3/c1-17(30)29-14-13-28(15-21(29)18-7-3-6-10-22(18)32-2)16-24(31)25-12-11-23-26-19-8-4-5-9-20(19)27-23/h3-10,21H,11-16H2,1-2H3,(H,25,31)(H,26,27)/t21-/m1/s1. The molecule has 4 rings (SSSR count). The number of para-hydroxylation sites is 3. The zero-order valence-electron chi connectivity index (χ0n) is 18.5. The van der Waals surface area contributed by atoms with Crippen LogP contribution in [0.15, 0.2) is 48.5 Å². The third-order valence-electron chi connectivity index (χ3n) is 5.86. The molecular weight excluding hydrogens is 406 g/mol. The summed E-state index contributed by atoms with van der Waals surface area (Å²) in [6, 6.07) is 15.5. The normalized spacial score (nSPS) is 16.8. The van der Waals surface area contributed by atoms with Gasteiger partial charge < -0.3 is 19.9 Å². The molecule has 2 N–H and O–H groups in total. The first kappa shape index (κ1) is 21.8. The molecule has 0 saturated carbocycles. The first-order chi connectivity index (χ1) is 15.5. The Morgan fingerprint density at radius 1 is 1.16 bits per heavy atom. The van der Waals surface area contributed by atoms with Crippen molar-refractivity contribution in [3.8, 4) is 5.75 Å². The molecule has 0 spiro atoms. The second-order valence-corrected chi connectivity index (χ2v) is 8.01. The number of piperazine rings is 1. The van der Waals surface area contributed by atoms with E-state index in [4.69, 9.17) is 4.74 Å². The number of carbonyl (C=O) groups excluding carboxylic acids is 2. The van der Waals surface area contributed by atoms with E-state index in [0.717, 1.165) is 28.2 Å². The predicted octanol–water partition coefficient (Wildman–Crippen LogP) is 2.14. The Hall–Kier alpha value is -3.39. The lowest BCUT2D eigenvalue weighted by Gasteiger charge is -2.41. The van der Waals surface area contributed by atoms with Gasteiger partial charge >= 0.3 is 0 Å². The lowest BCUT2D eigenvalue weighted by Crippen LogP contribution is -2.52. The van der Waals surface area contributed by atoms with Crippen LogP contribution in [0.25, 0.3) is 11.0 Å². The summed E-state index contributed by atoms with van der Waals surface area (Å²) in [5.74, 6) is 1.60.